The molecule has 0 saturated heterocycles. The molecule has 0 saturated carbocycles. The molecule has 1 rings (SSSR count). The van der Waals surface area contributed by atoms with Crippen molar-refractivity contribution in [1.29, 1.82) is 0 Å². The Morgan fingerprint density at radius 3 is 3.00 bits per heavy atom. The van der Waals surface area contributed by atoms with E-state index in [9.17, 15) is 4.79 Å². The Bertz CT molecular complexity index is 235. The number of halogens is 1. The molecule has 1 aromatic heterocycles. The fourth-order valence-electron chi connectivity index (χ4n) is 0.599. The molecule has 4 heteroatoms. The Labute approximate surface area is 71.6 Å². The molecule has 2 nitrogen and oxygen atoms in total. The van der Waals surface area contributed by atoms with Crippen molar-refractivity contribution in [2.45, 2.75) is 12.8 Å². The molecule has 0 amide bonds. The van der Waals surface area contributed by atoms with Gasteiger partial charge in [-0.1, -0.05) is 6.92 Å². The van der Waals surface area contributed by atoms with E-state index in [0.717, 1.165) is 16.5 Å². The molecule has 1 unspecified atom stereocenters. The van der Waals surface area contributed by atoms with Crippen LogP contribution >= 0.6 is 27.5 Å². The van der Waals surface area contributed by atoms with Gasteiger partial charge in [-0.2, -0.15) is 4.37 Å². The Morgan fingerprint density at radius 1 is 1.90 bits per heavy atom. The minimum absolute atomic E-state index is 0.0480. The quantitative estimate of drug-likeness (QED) is 0.715. The van der Waals surface area contributed by atoms with Crippen molar-refractivity contribution in [2.24, 2.45) is 0 Å². The van der Waals surface area contributed by atoms with Crippen LogP contribution in [0.5, 0.6) is 0 Å². The summed E-state index contributed by atoms with van der Waals surface area (Å²) in [5.41, 5.74) is 0.972. The standard InChI is InChI=1S/C6H6BrNOS/c1-4(2-9)5-3-10-8-6(5)7/h2-4H,1H3. The third-order valence-electron chi connectivity index (χ3n) is 1.25. The summed E-state index contributed by atoms with van der Waals surface area (Å²) in [5, 5.41) is 1.88. The number of aldehydes is 1. The molecule has 1 atom stereocenters. The lowest BCUT2D eigenvalue weighted by Gasteiger charge is -1.97. The number of carbonyl (C=O) groups is 1. The zero-order chi connectivity index (χ0) is 7.56. The Kier molecular flexibility index (Phi) is 2.56. The van der Waals surface area contributed by atoms with Gasteiger partial charge in [0.1, 0.15) is 10.9 Å². The zero-order valence-electron chi connectivity index (χ0n) is 5.37. The normalized spacial score (nSPS) is 13.0. The highest BCUT2D eigenvalue weighted by molar-refractivity contribution is 9.10. The molecule has 1 aromatic rings. The summed E-state index contributed by atoms with van der Waals surface area (Å²) in [6.07, 6.45) is 0.911. The number of hydrogen-bond acceptors (Lipinski definition) is 3. The molecular weight excluding hydrogens is 214 g/mol. The van der Waals surface area contributed by atoms with Crippen molar-refractivity contribution in [3.05, 3.63) is 15.5 Å². The van der Waals surface area contributed by atoms with E-state index in [1.165, 1.54) is 11.5 Å². The van der Waals surface area contributed by atoms with Gasteiger partial charge in [0.2, 0.25) is 0 Å². The van der Waals surface area contributed by atoms with Gasteiger partial charge in [0, 0.05) is 16.9 Å². The predicted molar refractivity (Wildman–Crippen MR) is 44.3 cm³/mol. The van der Waals surface area contributed by atoms with Gasteiger partial charge < -0.3 is 4.79 Å². The highest BCUT2D eigenvalue weighted by Crippen LogP contribution is 2.23. The molecule has 0 spiro atoms. The van der Waals surface area contributed by atoms with Gasteiger partial charge in [0.15, 0.2) is 0 Å². The highest BCUT2D eigenvalue weighted by Gasteiger charge is 2.09. The van der Waals surface area contributed by atoms with Gasteiger partial charge in [-0.25, -0.2) is 0 Å². The first-order valence-electron chi connectivity index (χ1n) is 2.80. The monoisotopic (exact) mass is 219 g/mol. The van der Waals surface area contributed by atoms with Crippen LogP contribution in [0.4, 0.5) is 0 Å². The first-order valence-corrected chi connectivity index (χ1v) is 4.43. The fourth-order valence-corrected chi connectivity index (χ4v) is 2.17. The molecule has 0 radical (unpaired) electrons. The SMILES string of the molecule is CC(C=O)c1csnc1Br. The van der Waals surface area contributed by atoms with Crippen molar-refractivity contribution < 1.29 is 4.79 Å². The summed E-state index contributed by atoms with van der Waals surface area (Å²) in [6.45, 7) is 1.85. The number of nitrogens with zero attached hydrogens (tertiary/aromatic N) is 1. The Morgan fingerprint density at radius 2 is 2.60 bits per heavy atom. The second kappa shape index (κ2) is 3.25. The third kappa shape index (κ3) is 1.44. The second-order valence-corrected chi connectivity index (χ2v) is 3.37. The van der Waals surface area contributed by atoms with E-state index in [4.69, 9.17) is 0 Å². The van der Waals surface area contributed by atoms with Gasteiger partial charge >= 0.3 is 0 Å². The molecule has 0 fully saturated rings. The molecule has 54 valence electrons. The number of hydrogen-bond donors (Lipinski definition) is 0. The van der Waals surface area contributed by atoms with E-state index in [1.54, 1.807) is 0 Å². The Hall–Kier alpha value is -0.220. The molecule has 0 bridgehead atoms. The van der Waals surface area contributed by atoms with Crippen LogP contribution in [0, 0.1) is 0 Å². The van der Waals surface area contributed by atoms with Crippen LogP contribution in [0.2, 0.25) is 0 Å². The minimum atomic E-state index is -0.0480. The van der Waals surface area contributed by atoms with E-state index in [2.05, 4.69) is 20.3 Å². The summed E-state index contributed by atoms with van der Waals surface area (Å²) in [6, 6.07) is 0. The van der Waals surface area contributed by atoms with E-state index < -0.39 is 0 Å². The van der Waals surface area contributed by atoms with Gasteiger partial charge in [0.05, 0.1) is 0 Å². The molecule has 10 heavy (non-hydrogen) atoms. The van der Waals surface area contributed by atoms with Crippen molar-refractivity contribution in [2.75, 3.05) is 0 Å². The van der Waals surface area contributed by atoms with E-state index in [1.807, 2.05) is 12.3 Å². The molecule has 0 N–H and O–H groups in total. The van der Waals surface area contributed by atoms with Crippen LogP contribution in [0.15, 0.2) is 9.98 Å². The van der Waals surface area contributed by atoms with Crippen LogP contribution < -0.4 is 0 Å². The van der Waals surface area contributed by atoms with Gasteiger partial charge in [0.25, 0.3) is 0 Å². The van der Waals surface area contributed by atoms with Crippen LogP contribution in [0.1, 0.15) is 18.4 Å². The summed E-state index contributed by atoms with van der Waals surface area (Å²) in [7, 11) is 0. The zero-order valence-corrected chi connectivity index (χ0v) is 7.78. The van der Waals surface area contributed by atoms with Crippen LogP contribution in [0.25, 0.3) is 0 Å². The van der Waals surface area contributed by atoms with Crippen molar-refractivity contribution in [1.82, 2.24) is 4.37 Å². The first kappa shape index (κ1) is 7.88. The average molecular weight is 220 g/mol. The van der Waals surface area contributed by atoms with Crippen LogP contribution in [-0.2, 0) is 4.79 Å². The molecule has 1 heterocycles. The maximum Gasteiger partial charge on any atom is 0.127 e. The van der Waals surface area contributed by atoms with E-state index in [-0.39, 0.29) is 5.92 Å². The largest absolute Gasteiger partial charge is 0.303 e. The summed E-state index contributed by atoms with van der Waals surface area (Å²) in [5.74, 6) is -0.0480. The predicted octanol–water partition coefficient (Wildman–Crippen LogP) is 2.21. The lowest BCUT2D eigenvalue weighted by molar-refractivity contribution is -0.108. The molecular formula is C6H6BrNOS. The summed E-state index contributed by atoms with van der Waals surface area (Å²) in [4.78, 5) is 10.3. The third-order valence-corrected chi connectivity index (χ3v) is 2.76. The van der Waals surface area contributed by atoms with Crippen molar-refractivity contribution in [3.8, 4) is 0 Å². The van der Waals surface area contributed by atoms with E-state index in [0.29, 0.717) is 0 Å². The maximum atomic E-state index is 10.3. The first-order chi connectivity index (χ1) is 4.75. The molecule has 0 aliphatic carbocycles. The Balaban J connectivity index is 2.92. The lowest BCUT2D eigenvalue weighted by atomic mass is 10.1. The number of aromatic nitrogens is 1. The lowest BCUT2D eigenvalue weighted by Crippen LogP contribution is -1.92. The van der Waals surface area contributed by atoms with Gasteiger partial charge in [-0.15, -0.1) is 0 Å². The fraction of sp³-hybridized carbons (Fsp3) is 0.333. The topological polar surface area (TPSA) is 30.0 Å². The maximum absolute atomic E-state index is 10.3. The van der Waals surface area contributed by atoms with Crippen LogP contribution in [-0.4, -0.2) is 10.7 Å². The van der Waals surface area contributed by atoms with E-state index >= 15 is 0 Å². The molecule has 0 aromatic carbocycles. The van der Waals surface area contributed by atoms with Gasteiger partial charge in [-0.05, 0) is 27.5 Å². The molecule has 0 aliphatic rings. The van der Waals surface area contributed by atoms with Crippen molar-refractivity contribution >= 4 is 33.7 Å². The molecule has 0 aliphatic heterocycles. The summed E-state index contributed by atoms with van der Waals surface area (Å²) < 4.78 is 4.77. The average Bonchev–Trinajstić information content (AvgIpc) is 2.34. The van der Waals surface area contributed by atoms with Gasteiger partial charge in [-0.3, -0.25) is 0 Å². The van der Waals surface area contributed by atoms with Crippen LogP contribution in [0.3, 0.4) is 0 Å². The second-order valence-electron chi connectivity index (χ2n) is 1.99. The smallest absolute Gasteiger partial charge is 0.127 e. The summed E-state index contributed by atoms with van der Waals surface area (Å²) >= 11 is 4.60. The van der Waals surface area contributed by atoms with Crippen molar-refractivity contribution in [3.63, 3.8) is 0 Å². The highest BCUT2D eigenvalue weighted by atomic mass is 79.9. The number of rotatable bonds is 2. The number of carbonyl (C=O) groups excluding carboxylic acids is 1. The minimum Gasteiger partial charge on any atom is -0.303 e.